The van der Waals surface area contributed by atoms with Gasteiger partial charge in [-0.3, -0.25) is 9.59 Å². The van der Waals surface area contributed by atoms with Crippen LogP contribution in [-0.4, -0.2) is 30.5 Å². The fourth-order valence-electron chi connectivity index (χ4n) is 1.88. The average molecular weight is 365 g/mol. The van der Waals surface area contributed by atoms with Gasteiger partial charge in [0.2, 0.25) is 11.8 Å². The lowest BCUT2D eigenvalue weighted by molar-refractivity contribution is -0.130. The second-order valence-electron chi connectivity index (χ2n) is 6.37. The molecule has 1 heterocycles. The zero-order chi connectivity index (χ0) is 18.6. The molecular formula is C17H20FN3O3S. The predicted octanol–water partition coefficient (Wildman–Crippen LogP) is 3.06. The van der Waals surface area contributed by atoms with Crippen molar-refractivity contribution < 1.29 is 18.7 Å². The lowest BCUT2D eigenvalue weighted by Crippen LogP contribution is -2.39. The number of carbonyl (C=O) groups is 2. The first kappa shape index (κ1) is 18.9. The van der Waals surface area contributed by atoms with E-state index in [9.17, 15) is 14.0 Å². The molecule has 1 aromatic heterocycles. The Morgan fingerprint density at radius 2 is 2.04 bits per heavy atom. The summed E-state index contributed by atoms with van der Waals surface area (Å²) < 4.78 is 18.6. The highest BCUT2D eigenvalue weighted by atomic mass is 32.1. The van der Waals surface area contributed by atoms with Gasteiger partial charge in [-0.2, -0.15) is 0 Å². The maximum absolute atomic E-state index is 13.8. The number of methoxy groups -OCH3 is 1. The Kier molecular flexibility index (Phi) is 5.73. The lowest BCUT2D eigenvalue weighted by atomic mass is 9.96. The molecule has 2 rings (SSSR count). The zero-order valence-corrected chi connectivity index (χ0v) is 15.3. The molecule has 0 unspecified atom stereocenters. The molecule has 1 aromatic carbocycles. The summed E-state index contributed by atoms with van der Waals surface area (Å²) in [5.74, 6) is -0.916. The number of anilines is 1. The summed E-state index contributed by atoms with van der Waals surface area (Å²) in [6, 6.07) is 4.53. The molecule has 0 saturated heterocycles. The van der Waals surface area contributed by atoms with E-state index >= 15 is 0 Å². The van der Waals surface area contributed by atoms with E-state index in [-0.39, 0.29) is 24.1 Å². The first-order chi connectivity index (χ1) is 11.7. The van der Waals surface area contributed by atoms with Gasteiger partial charge in [0.15, 0.2) is 16.7 Å². The van der Waals surface area contributed by atoms with Crippen molar-refractivity contribution in [3.8, 4) is 17.0 Å². The molecule has 6 nitrogen and oxygen atoms in total. The number of benzene rings is 1. The maximum Gasteiger partial charge on any atom is 0.245 e. The standard InChI is InChI=1S/C17H20FN3O3S/c1-17(2,3)15(23)19-8-14(22)21-16-20-12(9-25-16)10-5-6-13(24-4)11(18)7-10/h5-7,9H,8H2,1-4H3,(H,19,23)(H,20,21,22). The van der Waals surface area contributed by atoms with Crippen LogP contribution in [0.3, 0.4) is 0 Å². The summed E-state index contributed by atoms with van der Waals surface area (Å²) in [4.78, 5) is 27.9. The SMILES string of the molecule is COc1ccc(-c2csc(NC(=O)CNC(=O)C(C)(C)C)n2)cc1F. The smallest absolute Gasteiger partial charge is 0.245 e. The van der Waals surface area contributed by atoms with Crippen LogP contribution < -0.4 is 15.4 Å². The van der Waals surface area contributed by atoms with Crippen LogP contribution in [0.4, 0.5) is 9.52 Å². The maximum atomic E-state index is 13.8. The predicted molar refractivity (Wildman–Crippen MR) is 95.2 cm³/mol. The van der Waals surface area contributed by atoms with Crippen molar-refractivity contribution in [1.29, 1.82) is 0 Å². The van der Waals surface area contributed by atoms with Crippen molar-refractivity contribution >= 4 is 28.3 Å². The highest BCUT2D eigenvalue weighted by Crippen LogP contribution is 2.28. The molecule has 0 aliphatic rings. The number of ether oxygens (including phenoxy) is 1. The highest BCUT2D eigenvalue weighted by molar-refractivity contribution is 7.14. The first-order valence-corrected chi connectivity index (χ1v) is 8.46. The van der Waals surface area contributed by atoms with E-state index in [1.165, 1.54) is 30.6 Å². The topological polar surface area (TPSA) is 80.3 Å². The number of halogens is 1. The van der Waals surface area contributed by atoms with E-state index in [0.717, 1.165) is 0 Å². The van der Waals surface area contributed by atoms with Crippen LogP contribution in [0.2, 0.25) is 0 Å². The second kappa shape index (κ2) is 7.60. The summed E-state index contributed by atoms with van der Waals surface area (Å²) >= 11 is 1.22. The molecule has 0 spiro atoms. The number of thiazole rings is 1. The molecule has 0 fully saturated rings. The van der Waals surface area contributed by atoms with Crippen LogP contribution in [0.5, 0.6) is 5.75 Å². The quantitative estimate of drug-likeness (QED) is 0.853. The molecule has 0 atom stereocenters. The van der Waals surface area contributed by atoms with E-state index in [2.05, 4.69) is 15.6 Å². The van der Waals surface area contributed by atoms with Gasteiger partial charge in [0.05, 0.1) is 19.3 Å². The number of hydrogen-bond acceptors (Lipinski definition) is 5. The fourth-order valence-corrected chi connectivity index (χ4v) is 2.61. The summed E-state index contributed by atoms with van der Waals surface area (Å²) in [7, 11) is 1.40. The summed E-state index contributed by atoms with van der Waals surface area (Å²) in [6.45, 7) is 5.16. The van der Waals surface area contributed by atoms with Crippen molar-refractivity contribution in [2.24, 2.45) is 5.41 Å². The molecule has 0 aliphatic carbocycles. The number of hydrogen-bond donors (Lipinski definition) is 2. The highest BCUT2D eigenvalue weighted by Gasteiger charge is 2.21. The molecule has 2 amide bonds. The Hall–Kier alpha value is -2.48. The minimum absolute atomic E-state index is 0.137. The summed E-state index contributed by atoms with van der Waals surface area (Å²) in [6.07, 6.45) is 0. The van der Waals surface area contributed by atoms with Gasteiger partial charge in [-0.1, -0.05) is 20.8 Å². The van der Waals surface area contributed by atoms with E-state index in [4.69, 9.17) is 4.74 Å². The summed E-state index contributed by atoms with van der Waals surface area (Å²) in [5, 5.41) is 7.26. The largest absolute Gasteiger partial charge is 0.494 e. The molecule has 8 heteroatoms. The molecule has 2 aromatic rings. The number of aromatic nitrogens is 1. The van der Waals surface area contributed by atoms with Crippen molar-refractivity contribution in [3.63, 3.8) is 0 Å². The first-order valence-electron chi connectivity index (χ1n) is 7.58. The number of amides is 2. The van der Waals surface area contributed by atoms with Gasteiger partial charge in [0.1, 0.15) is 0 Å². The van der Waals surface area contributed by atoms with Gasteiger partial charge in [-0.25, -0.2) is 9.37 Å². The van der Waals surface area contributed by atoms with Crippen molar-refractivity contribution in [2.45, 2.75) is 20.8 Å². The van der Waals surface area contributed by atoms with Gasteiger partial charge in [-0.05, 0) is 18.2 Å². The fraction of sp³-hybridized carbons (Fsp3) is 0.353. The number of carbonyl (C=O) groups excluding carboxylic acids is 2. The molecule has 0 radical (unpaired) electrons. The van der Waals surface area contributed by atoms with Crippen LogP contribution >= 0.6 is 11.3 Å². The molecule has 0 aliphatic heterocycles. The molecule has 0 bridgehead atoms. The Morgan fingerprint density at radius 3 is 2.64 bits per heavy atom. The van der Waals surface area contributed by atoms with Gasteiger partial charge in [0, 0.05) is 16.4 Å². The second-order valence-corrected chi connectivity index (χ2v) is 7.23. The number of nitrogens with one attached hydrogen (secondary N) is 2. The summed E-state index contributed by atoms with van der Waals surface area (Å²) in [5.41, 5.74) is 0.559. The van der Waals surface area contributed by atoms with Crippen LogP contribution in [0, 0.1) is 11.2 Å². The van der Waals surface area contributed by atoms with Crippen molar-refractivity contribution in [2.75, 3.05) is 19.0 Å². The Bertz CT molecular complexity index is 784. The number of nitrogens with zero attached hydrogens (tertiary/aromatic N) is 1. The minimum Gasteiger partial charge on any atom is -0.494 e. The van der Waals surface area contributed by atoms with Crippen LogP contribution in [0.25, 0.3) is 11.3 Å². The third kappa shape index (κ3) is 4.99. The zero-order valence-electron chi connectivity index (χ0n) is 14.5. The van der Waals surface area contributed by atoms with Gasteiger partial charge >= 0.3 is 0 Å². The van der Waals surface area contributed by atoms with E-state index in [1.807, 2.05) is 0 Å². The monoisotopic (exact) mass is 365 g/mol. The van der Waals surface area contributed by atoms with E-state index in [0.29, 0.717) is 16.4 Å². The van der Waals surface area contributed by atoms with Gasteiger partial charge in [0.25, 0.3) is 0 Å². The molecular weight excluding hydrogens is 345 g/mol. The molecule has 134 valence electrons. The van der Waals surface area contributed by atoms with Crippen LogP contribution in [0.15, 0.2) is 23.6 Å². The Labute approximate surface area is 149 Å². The third-order valence-corrected chi connectivity index (χ3v) is 4.05. The molecule has 0 saturated carbocycles. The minimum atomic E-state index is -0.562. The van der Waals surface area contributed by atoms with Gasteiger partial charge < -0.3 is 15.4 Å². The van der Waals surface area contributed by atoms with Gasteiger partial charge in [-0.15, -0.1) is 11.3 Å². The van der Waals surface area contributed by atoms with Crippen molar-refractivity contribution in [1.82, 2.24) is 10.3 Å². The lowest BCUT2D eigenvalue weighted by Gasteiger charge is -2.17. The normalized spacial score (nSPS) is 11.1. The van der Waals surface area contributed by atoms with E-state index < -0.39 is 11.2 Å². The molecule has 25 heavy (non-hydrogen) atoms. The molecule has 2 N–H and O–H groups in total. The average Bonchev–Trinajstić information content (AvgIpc) is 3.00. The van der Waals surface area contributed by atoms with Crippen LogP contribution in [-0.2, 0) is 9.59 Å². The number of rotatable bonds is 5. The van der Waals surface area contributed by atoms with Crippen molar-refractivity contribution in [3.05, 3.63) is 29.4 Å². The van der Waals surface area contributed by atoms with E-state index in [1.54, 1.807) is 32.2 Å². The Balaban J connectivity index is 1.98. The Morgan fingerprint density at radius 1 is 1.32 bits per heavy atom. The van der Waals surface area contributed by atoms with Crippen LogP contribution in [0.1, 0.15) is 20.8 Å². The third-order valence-electron chi connectivity index (χ3n) is 3.29.